The van der Waals surface area contributed by atoms with E-state index in [1.807, 2.05) is 24.3 Å². The number of anilines is 1. The van der Waals surface area contributed by atoms with Crippen molar-refractivity contribution in [3.05, 3.63) is 77.4 Å². The van der Waals surface area contributed by atoms with Gasteiger partial charge < -0.3 is 0 Å². The molecule has 0 saturated heterocycles. The molecule has 0 fully saturated rings. The van der Waals surface area contributed by atoms with Crippen molar-refractivity contribution in [3.63, 3.8) is 0 Å². The molecule has 3 aromatic rings. The van der Waals surface area contributed by atoms with Crippen molar-refractivity contribution in [1.29, 1.82) is 0 Å². The molecule has 0 aromatic heterocycles. The maximum absolute atomic E-state index is 13.2. The molecule has 0 atom stereocenters. The molecule has 0 unspecified atom stereocenters. The van der Waals surface area contributed by atoms with Gasteiger partial charge in [0.1, 0.15) is 0 Å². The second-order valence-electron chi connectivity index (χ2n) is 7.87. The van der Waals surface area contributed by atoms with Crippen LogP contribution < -0.4 is 10.5 Å². The van der Waals surface area contributed by atoms with Gasteiger partial charge >= 0.3 is 0 Å². The lowest BCUT2D eigenvalue weighted by atomic mass is 10.0. The summed E-state index contributed by atoms with van der Waals surface area (Å²) >= 11 is 0. The predicted octanol–water partition coefficient (Wildman–Crippen LogP) is 4.79. The Morgan fingerprint density at radius 3 is 2.09 bits per heavy atom. The number of carbonyl (C=O) groups is 2. The Bertz CT molecular complexity index is 1090. The number of carbonyl (C=O) groups excluding carboxylic acids is 2. The number of hydrogen-bond donors (Lipinski definition) is 2. The van der Waals surface area contributed by atoms with Gasteiger partial charge in [-0.05, 0) is 67.2 Å². The molecule has 2 N–H and O–H groups in total. The number of hydrogen-bond acceptors (Lipinski definition) is 5. The molecular weight excluding hydrogens is 418 g/mol. The van der Waals surface area contributed by atoms with Crippen LogP contribution in [-0.2, 0) is 11.4 Å². The molecule has 174 valence electrons. The highest BCUT2D eigenvalue weighted by Gasteiger charge is 2.21. The van der Waals surface area contributed by atoms with Gasteiger partial charge in [0.05, 0.1) is 12.8 Å². The fraction of sp³-hybridized carbons (Fsp3) is 0.308. The molecule has 7 nitrogen and oxygen atoms in total. The van der Waals surface area contributed by atoms with Crippen molar-refractivity contribution in [2.24, 2.45) is 0 Å². The molecular formula is C26H31N3O4. The maximum atomic E-state index is 13.2. The highest BCUT2D eigenvalue weighted by Crippen LogP contribution is 2.31. The van der Waals surface area contributed by atoms with Gasteiger partial charge in [-0.3, -0.25) is 24.5 Å². The van der Waals surface area contributed by atoms with Gasteiger partial charge in [0.25, 0.3) is 11.8 Å². The van der Waals surface area contributed by atoms with E-state index in [-0.39, 0.29) is 11.5 Å². The van der Waals surface area contributed by atoms with Crippen LogP contribution in [0.25, 0.3) is 10.8 Å². The normalized spacial score (nSPS) is 11.1. The van der Waals surface area contributed by atoms with E-state index in [9.17, 15) is 9.59 Å². The van der Waals surface area contributed by atoms with Crippen LogP contribution in [0.1, 0.15) is 53.0 Å². The molecule has 0 aliphatic rings. The fourth-order valence-corrected chi connectivity index (χ4v) is 4.05. The summed E-state index contributed by atoms with van der Waals surface area (Å²) in [7, 11) is 1.46. The summed E-state index contributed by atoms with van der Waals surface area (Å²) in [6.45, 7) is 7.30. The Kier molecular flexibility index (Phi) is 8.54. The third-order valence-corrected chi connectivity index (χ3v) is 5.54. The molecule has 0 radical (unpaired) electrons. The van der Waals surface area contributed by atoms with Crippen LogP contribution in [0, 0.1) is 0 Å². The molecule has 3 rings (SSSR count). The third-order valence-electron chi connectivity index (χ3n) is 5.54. The zero-order chi connectivity index (χ0) is 23.8. The molecule has 2 amide bonds. The number of nitrogens with zero attached hydrogens (tertiary/aromatic N) is 2. The summed E-state index contributed by atoms with van der Waals surface area (Å²) in [5, 5.41) is 12.1. The second kappa shape index (κ2) is 11.6. The number of nitrogens with one attached hydrogen (secondary N) is 1. The van der Waals surface area contributed by atoms with E-state index in [0.29, 0.717) is 11.3 Å². The Hall–Kier alpha value is -3.26. The van der Waals surface area contributed by atoms with Crippen LogP contribution in [0.2, 0.25) is 0 Å². The summed E-state index contributed by atoms with van der Waals surface area (Å²) in [4.78, 5) is 32.8. The highest BCUT2D eigenvalue weighted by molar-refractivity contribution is 6.10. The van der Waals surface area contributed by atoms with Crippen molar-refractivity contribution in [3.8, 4) is 0 Å². The van der Waals surface area contributed by atoms with Crippen LogP contribution in [0.15, 0.2) is 60.7 Å². The van der Waals surface area contributed by atoms with E-state index < -0.39 is 5.91 Å². The van der Waals surface area contributed by atoms with Gasteiger partial charge in [0, 0.05) is 23.1 Å². The average Bonchev–Trinajstić information content (AvgIpc) is 2.84. The van der Waals surface area contributed by atoms with E-state index in [2.05, 4.69) is 30.9 Å². The second-order valence-corrected chi connectivity index (χ2v) is 7.87. The van der Waals surface area contributed by atoms with Crippen molar-refractivity contribution >= 4 is 28.3 Å². The minimum absolute atomic E-state index is 0.247. The number of benzene rings is 3. The summed E-state index contributed by atoms with van der Waals surface area (Å²) < 4.78 is 0. The lowest BCUT2D eigenvalue weighted by Crippen LogP contribution is -2.30. The molecule has 0 heterocycles. The van der Waals surface area contributed by atoms with Gasteiger partial charge in [0.2, 0.25) is 0 Å². The van der Waals surface area contributed by atoms with Gasteiger partial charge in [0.15, 0.2) is 0 Å². The number of fused-ring (bicyclic) bond motifs is 1. The number of rotatable bonds is 10. The zero-order valence-corrected chi connectivity index (χ0v) is 19.4. The quantitative estimate of drug-likeness (QED) is 0.344. The molecule has 0 aliphatic heterocycles. The Morgan fingerprint density at radius 1 is 0.879 bits per heavy atom. The largest absolute Gasteiger partial charge is 0.299 e. The van der Waals surface area contributed by atoms with E-state index in [1.54, 1.807) is 5.48 Å². The third kappa shape index (κ3) is 5.57. The first-order valence-corrected chi connectivity index (χ1v) is 11.2. The van der Waals surface area contributed by atoms with Crippen LogP contribution in [0.5, 0.6) is 0 Å². The molecule has 7 heteroatoms. The van der Waals surface area contributed by atoms with Crippen LogP contribution in [0.4, 0.5) is 5.69 Å². The first-order chi connectivity index (χ1) is 16.0. The molecule has 33 heavy (non-hydrogen) atoms. The van der Waals surface area contributed by atoms with Crippen LogP contribution in [0.3, 0.4) is 0 Å². The van der Waals surface area contributed by atoms with Gasteiger partial charge in [-0.15, -0.1) is 0 Å². The Labute approximate surface area is 194 Å². The summed E-state index contributed by atoms with van der Waals surface area (Å²) in [6, 6.07) is 18.0. The highest BCUT2D eigenvalue weighted by atomic mass is 16.7. The fourth-order valence-electron chi connectivity index (χ4n) is 4.05. The van der Waals surface area contributed by atoms with E-state index in [0.717, 1.165) is 43.2 Å². The van der Waals surface area contributed by atoms with Gasteiger partial charge in [-0.1, -0.05) is 44.2 Å². The minimum Gasteiger partial charge on any atom is -0.299 e. The molecule has 3 aromatic carbocycles. The summed E-state index contributed by atoms with van der Waals surface area (Å²) in [5.41, 5.74) is 4.04. The Morgan fingerprint density at radius 2 is 1.48 bits per heavy atom. The van der Waals surface area contributed by atoms with Crippen LogP contribution in [-0.4, -0.2) is 42.1 Å². The number of amides is 2. The Balaban J connectivity index is 1.96. The first-order valence-electron chi connectivity index (χ1n) is 11.2. The van der Waals surface area contributed by atoms with Gasteiger partial charge in [-0.2, -0.15) is 5.06 Å². The topological polar surface area (TPSA) is 82.1 Å². The molecule has 0 bridgehead atoms. The van der Waals surface area contributed by atoms with Crippen molar-refractivity contribution in [2.75, 3.05) is 25.3 Å². The maximum Gasteiger partial charge on any atom is 0.282 e. The zero-order valence-electron chi connectivity index (χ0n) is 19.4. The van der Waals surface area contributed by atoms with Crippen LogP contribution >= 0.6 is 0 Å². The lowest BCUT2D eigenvalue weighted by molar-refractivity contribution is 0.0705. The van der Waals surface area contributed by atoms with Crippen molar-refractivity contribution in [2.45, 2.75) is 33.2 Å². The van der Waals surface area contributed by atoms with Crippen molar-refractivity contribution < 1.29 is 19.6 Å². The molecule has 0 spiro atoms. The average molecular weight is 450 g/mol. The van der Waals surface area contributed by atoms with Gasteiger partial charge in [-0.25, -0.2) is 5.48 Å². The predicted molar refractivity (Wildman–Crippen MR) is 129 cm³/mol. The van der Waals surface area contributed by atoms with E-state index in [1.165, 1.54) is 42.0 Å². The lowest BCUT2D eigenvalue weighted by Gasteiger charge is -2.24. The van der Waals surface area contributed by atoms with Crippen molar-refractivity contribution in [1.82, 2.24) is 10.4 Å². The van der Waals surface area contributed by atoms with E-state index in [4.69, 9.17) is 10.0 Å². The first kappa shape index (κ1) is 24.4. The smallest absolute Gasteiger partial charge is 0.282 e. The minimum atomic E-state index is -0.639. The standard InChI is InChI=1S/C26H31N3O4/c1-4-16-28(17-5-2)18-21-8-6-10-23-22(21)9-7-11-24(23)29(33-3)26(31)20-14-12-19(13-15-20)25(30)27-32/h6-15,32H,4-5,16-18H2,1-3H3,(H,27,30). The van der Waals surface area contributed by atoms with E-state index >= 15 is 0 Å². The summed E-state index contributed by atoms with van der Waals surface area (Å²) in [6.07, 6.45) is 2.20. The summed E-state index contributed by atoms with van der Waals surface area (Å²) in [5.74, 6) is -0.996. The SMILES string of the molecule is CCCN(CCC)Cc1cccc2c(N(OC)C(=O)c3ccc(C(=O)NO)cc3)cccc12. The monoisotopic (exact) mass is 449 g/mol. The molecule has 0 saturated carbocycles. The number of hydroxylamine groups is 2. The molecule has 0 aliphatic carbocycles.